The van der Waals surface area contributed by atoms with Gasteiger partial charge < -0.3 is 5.73 Å². The Morgan fingerprint density at radius 2 is 2.06 bits per heavy atom. The summed E-state index contributed by atoms with van der Waals surface area (Å²) in [6, 6.07) is -0.00720. The van der Waals surface area contributed by atoms with Gasteiger partial charge in [0, 0.05) is 32.7 Å². The van der Waals surface area contributed by atoms with Gasteiger partial charge in [-0.05, 0) is 12.3 Å². The molecule has 1 fully saturated rings. The second-order valence-corrected chi connectivity index (χ2v) is 6.62. The number of hydrogen-bond acceptors (Lipinski definition) is 3. The molecule has 1 saturated heterocycles. The Morgan fingerprint density at radius 3 is 2.44 bits per heavy atom. The molecule has 0 aromatic carbocycles. The molecule has 1 aliphatic rings. The van der Waals surface area contributed by atoms with Crippen LogP contribution in [-0.4, -0.2) is 49.8 Å². The summed E-state index contributed by atoms with van der Waals surface area (Å²) in [6.45, 7) is 5.55. The molecule has 0 saturated carbocycles. The zero-order valence-corrected chi connectivity index (χ0v) is 11.7. The topological polar surface area (TPSA) is 66.6 Å². The minimum atomic E-state index is -3.28. The van der Waals surface area contributed by atoms with E-state index in [0.29, 0.717) is 25.6 Å². The third-order valence-electron chi connectivity index (χ3n) is 2.53. The summed E-state index contributed by atoms with van der Waals surface area (Å²) in [6.07, 6.45) is 0.759. The van der Waals surface area contributed by atoms with E-state index in [-0.39, 0.29) is 18.4 Å². The summed E-state index contributed by atoms with van der Waals surface area (Å²) >= 11 is 0. The Labute approximate surface area is 105 Å². The number of halogens is 1. The maximum atomic E-state index is 12.0. The van der Waals surface area contributed by atoms with Gasteiger partial charge in [-0.15, -0.1) is 12.4 Å². The number of nitrogens with zero attached hydrogens (tertiary/aromatic N) is 2. The largest absolute Gasteiger partial charge is 0.326 e. The Hall–Kier alpha value is 0.120. The summed E-state index contributed by atoms with van der Waals surface area (Å²) in [5.74, 6) is 0.334. The van der Waals surface area contributed by atoms with Crippen LogP contribution < -0.4 is 5.73 Å². The van der Waals surface area contributed by atoms with Crippen molar-refractivity contribution in [3.8, 4) is 0 Å². The average molecular weight is 272 g/mol. The summed E-state index contributed by atoms with van der Waals surface area (Å²) in [4.78, 5) is 0. The van der Waals surface area contributed by atoms with E-state index in [1.54, 1.807) is 7.05 Å². The van der Waals surface area contributed by atoms with Crippen molar-refractivity contribution >= 4 is 22.6 Å². The highest BCUT2D eigenvalue weighted by molar-refractivity contribution is 7.86. The van der Waals surface area contributed by atoms with Gasteiger partial charge in [-0.1, -0.05) is 13.8 Å². The standard InChI is InChI=1S/C9H21N3O2S.ClH/c1-8(2)6-11(3)15(13,14)12-5-4-9(10)7-12;/h8-9H,4-7,10H2,1-3H3;1H/t9-;/m0./s1. The normalized spacial score (nSPS) is 22.8. The van der Waals surface area contributed by atoms with Crippen LogP contribution in [0.3, 0.4) is 0 Å². The predicted octanol–water partition coefficient (Wildman–Crippen LogP) is 0.274. The van der Waals surface area contributed by atoms with Crippen molar-refractivity contribution in [1.29, 1.82) is 0 Å². The molecular formula is C9H22ClN3O2S. The molecule has 0 aromatic heterocycles. The Kier molecular flexibility index (Phi) is 6.21. The molecule has 2 N–H and O–H groups in total. The van der Waals surface area contributed by atoms with Crippen LogP contribution in [0, 0.1) is 5.92 Å². The summed E-state index contributed by atoms with van der Waals surface area (Å²) < 4.78 is 26.9. The third-order valence-corrected chi connectivity index (χ3v) is 4.45. The van der Waals surface area contributed by atoms with Crippen LogP contribution in [0.1, 0.15) is 20.3 Å². The third kappa shape index (κ3) is 3.85. The SMILES string of the molecule is CC(C)CN(C)S(=O)(=O)N1CC[C@H](N)C1.Cl. The lowest BCUT2D eigenvalue weighted by Gasteiger charge is -2.25. The first-order chi connectivity index (χ1) is 6.84. The Bertz CT molecular complexity index is 308. The van der Waals surface area contributed by atoms with E-state index in [0.717, 1.165) is 6.42 Å². The van der Waals surface area contributed by atoms with Crippen molar-refractivity contribution in [1.82, 2.24) is 8.61 Å². The molecule has 1 heterocycles. The van der Waals surface area contributed by atoms with Crippen molar-refractivity contribution in [3.63, 3.8) is 0 Å². The lowest BCUT2D eigenvalue weighted by molar-refractivity contribution is 0.366. The molecule has 0 spiro atoms. The maximum absolute atomic E-state index is 12.0. The van der Waals surface area contributed by atoms with Crippen LogP contribution in [0.4, 0.5) is 0 Å². The summed E-state index contributed by atoms with van der Waals surface area (Å²) in [7, 11) is -1.66. The van der Waals surface area contributed by atoms with Crippen LogP contribution in [0.15, 0.2) is 0 Å². The van der Waals surface area contributed by atoms with Crippen LogP contribution in [0.2, 0.25) is 0 Å². The second kappa shape index (κ2) is 6.16. The van der Waals surface area contributed by atoms with Crippen LogP contribution >= 0.6 is 12.4 Å². The van der Waals surface area contributed by atoms with Gasteiger partial charge in [0.25, 0.3) is 10.2 Å². The number of nitrogens with two attached hydrogens (primary N) is 1. The molecule has 0 unspecified atom stereocenters. The van der Waals surface area contributed by atoms with E-state index in [4.69, 9.17) is 5.73 Å². The van der Waals surface area contributed by atoms with E-state index in [1.807, 2.05) is 13.8 Å². The highest BCUT2D eigenvalue weighted by Gasteiger charge is 2.32. The van der Waals surface area contributed by atoms with Crippen LogP contribution in [-0.2, 0) is 10.2 Å². The van der Waals surface area contributed by atoms with E-state index in [1.165, 1.54) is 8.61 Å². The molecule has 7 heteroatoms. The highest BCUT2D eigenvalue weighted by atomic mass is 35.5. The molecule has 98 valence electrons. The average Bonchev–Trinajstić information content (AvgIpc) is 2.50. The minimum Gasteiger partial charge on any atom is -0.326 e. The van der Waals surface area contributed by atoms with E-state index in [9.17, 15) is 8.42 Å². The first-order valence-electron chi connectivity index (χ1n) is 5.31. The number of rotatable bonds is 4. The van der Waals surface area contributed by atoms with Crippen molar-refractivity contribution in [2.75, 3.05) is 26.7 Å². The van der Waals surface area contributed by atoms with Gasteiger partial charge in [0.2, 0.25) is 0 Å². The summed E-state index contributed by atoms with van der Waals surface area (Å²) in [5.41, 5.74) is 5.70. The zero-order chi connectivity index (χ0) is 11.6. The quantitative estimate of drug-likeness (QED) is 0.798. The van der Waals surface area contributed by atoms with Gasteiger partial charge in [-0.25, -0.2) is 0 Å². The smallest absolute Gasteiger partial charge is 0.281 e. The molecule has 0 radical (unpaired) electrons. The lowest BCUT2D eigenvalue weighted by atomic mass is 10.2. The fourth-order valence-corrected chi connectivity index (χ4v) is 3.37. The van der Waals surface area contributed by atoms with Crippen molar-refractivity contribution in [2.45, 2.75) is 26.3 Å². The first kappa shape index (κ1) is 16.1. The predicted molar refractivity (Wildman–Crippen MR) is 67.8 cm³/mol. The minimum absolute atomic E-state index is 0. The molecule has 0 bridgehead atoms. The van der Waals surface area contributed by atoms with Crippen molar-refractivity contribution in [2.24, 2.45) is 11.7 Å². The van der Waals surface area contributed by atoms with Gasteiger partial charge in [0.1, 0.15) is 0 Å². The number of hydrogen-bond donors (Lipinski definition) is 1. The summed E-state index contributed by atoms with van der Waals surface area (Å²) in [5, 5.41) is 0. The van der Waals surface area contributed by atoms with Crippen molar-refractivity contribution < 1.29 is 8.42 Å². The fraction of sp³-hybridized carbons (Fsp3) is 1.00. The van der Waals surface area contributed by atoms with Gasteiger partial charge in [-0.3, -0.25) is 0 Å². The van der Waals surface area contributed by atoms with Gasteiger partial charge >= 0.3 is 0 Å². The van der Waals surface area contributed by atoms with Crippen molar-refractivity contribution in [3.05, 3.63) is 0 Å². The Morgan fingerprint density at radius 1 is 1.50 bits per heavy atom. The Balaban J connectivity index is 0.00000225. The molecule has 1 rings (SSSR count). The van der Waals surface area contributed by atoms with Gasteiger partial charge in [0.05, 0.1) is 0 Å². The molecule has 16 heavy (non-hydrogen) atoms. The molecule has 0 aliphatic carbocycles. The molecular weight excluding hydrogens is 250 g/mol. The fourth-order valence-electron chi connectivity index (χ4n) is 1.77. The van der Waals surface area contributed by atoms with Gasteiger partial charge in [-0.2, -0.15) is 17.0 Å². The first-order valence-corrected chi connectivity index (χ1v) is 6.70. The second-order valence-electron chi connectivity index (χ2n) is 4.59. The zero-order valence-electron chi connectivity index (χ0n) is 10.1. The van der Waals surface area contributed by atoms with E-state index >= 15 is 0 Å². The maximum Gasteiger partial charge on any atom is 0.281 e. The van der Waals surface area contributed by atoms with Crippen LogP contribution in [0.5, 0.6) is 0 Å². The molecule has 0 aromatic rings. The molecule has 1 atom stereocenters. The van der Waals surface area contributed by atoms with E-state index in [2.05, 4.69) is 0 Å². The lowest BCUT2D eigenvalue weighted by Crippen LogP contribution is -2.43. The molecule has 1 aliphatic heterocycles. The molecule has 5 nitrogen and oxygen atoms in total. The highest BCUT2D eigenvalue weighted by Crippen LogP contribution is 2.15. The molecule has 0 amide bonds. The van der Waals surface area contributed by atoms with E-state index < -0.39 is 10.2 Å². The van der Waals surface area contributed by atoms with Crippen LogP contribution in [0.25, 0.3) is 0 Å². The van der Waals surface area contributed by atoms with Gasteiger partial charge in [0.15, 0.2) is 0 Å². The monoisotopic (exact) mass is 271 g/mol.